The van der Waals surface area contributed by atoms with Crippen molar-refractivity contribution in [2.45, 2.75) is 25.5 Å². The molecule has 19 heavy (non-hydrogen) atoms. The predicted octanol–water partition coefficient (Wildman–Crippen LogP) is 2.32. The first-order valence-corrected chi connectivity index (χ1v) is 5.97. The number of aliphatic hydroxyl groups is 1. The lowest BCUT2D eigenvalue weighted by Gasteiger charge is -2.22. The van der Waals surface area contributed by atoms with Gasteiger partial charge in [-0.05, 0) is 18.1 Å². The summed E-state index contributed by atoms with van der Waals surface area (Å²) in [6, 6.07) is 3.14. The fourth-order valence-electron chi connectivity index (χ4n) is 1.80. The molecule has 1 aromatic carbocycles. The van der Waals surface area contributed by atoms with Gasteiger partial charge in [0.05, 0.1) is 11.0 Å². The molecule has 0 bridgehead atoms. The van der Waals surface area contributed by atoms with Gasteiger partial charge in [0, 0.05) is 18.7 Å². The Kier molecular flexibility index (Phi) is 5.59. The smallest absolute Gasteiger partial charge is 0.305 e. The van der Waals surface area contributed by atoms with Gasteiger partial charge in [-0.3, -0.25) is 10.1 Å². The SMILES string of the molecule is C=CCNC(CC)C(O)c1ccc(F)c([N+](=O)[O-])c1. The van der Waals surface area contributed by atoms with Gasteiger partial charge in [0.25, 0.3) is 0 Å². The van der Waals surface area contributed by atoms with Crippen molar-refractivity contribution in [3.8, 4) is 0 Å². The third kappa shape index (κ3) is 3.84. The standard InChI is InChI=1S/C13H17FN2O3/c1-3-7-15-11(4-2)13(17)9-5-6-10(14)12(8-9)16(18)19/h3,5-6,8,11,13,15,17H,1,4,7H2,2H3. The third-order valence-corrected chi connectivity index (χ3v) is 2.85. The highest BCUT2D eigenvalue weighted by Gasteiger charge is 2.22. The van der Waals surface area contributed by atoms with E-state index < -0.39 is 22.5 Å². The van der Waals surface area contributed by atoms with Gasteiger partial charge in [0.2, 0.25) is 5.82 Å². The van der Waals surface area contributed by atoms with E-state index in [1.807, 2.05) is 6.92 Å². The van der Waals surface area contributed by atoms with Crippen LogP contribution in [0, 0.1) is 15.9 Å². The summed E-state index contributed by atoms with van der Waals surface area (Å²) in [5, 5.41) is 23.9. The van der Waals surface area contributed by atoms with Crippen LogP contribution in [-0.4, -0.2) is 22.6 Å². The predicted molar refractivity (Wildman–Crippen MR) is 70.3 cm³/mol. The molecule has 5 nitrogen and oxygen atoms in total. The molecule has 1 rings (SSSR count). The summed E-state index contributed by atoms with van der Waals surface area (Å²) in [6.07, 6.45) is 1.34. The third-order valence-electron chi connectivity index (χ3n) is 2.85. The molecule has 0 radical (unpaired) electrons. The van der Waals surface area contributed by atoms with Crippen molar-refractivity contribution in [3.63, 3.8) is 0 Å². The van der Waals surface area contributed by atoms with Crippen LogP contribution in [0.15, 0.2) is 30.9 Å². The molecule has 2 N–H and O–H groups in total. The average Bonchev–Trinajstić information content (AvgIpc) is 2.39. The Morgan fingerprint density at radius 1 is 1.63 bits per heavy atom. The van der Waals surface area contributed by atoms with E-state index in [2.05, 4.69) is 11.9 Å². The number of nitro groups is 1. The van der Waals surface area contributed by atoms with Crippen molar-refractivity contribution >= 4 is 5.69 Å². The number of halogens is 1. The van der Waals surface area contributed by atoms with E-state index in [1.165, 1.54) is 6.07 Å². The van der Waals surface area contributed by atoms with Crippen LogP contribution in [0.1, 0.15) is 25.0 Å². The van der Waals surface area contributed by atoms with E-state index in [0.717, 1.165) is 12.1 Å². The molecule has 0 spiro atoms. The summed E-state index contributed by atoms with van der Waals surface area (Å²) in [5.74, 6) is -0.909. The van der Waals surface area contributed by atoms with E-state index >= 15 is 0 Å². The molecule has 104 valence electrons. The number of hydrogen-bond acceptors (Lipinski definition) is 4. The van der Waals surface area contributed by atoms with Crippen LogP contribution >= 0.6 is 0 Å². The molecule has 0 aromatic heterocycles. The minimum atomic E-state index is -0.941. The second-order valence-corrected chi connectivity index (χ2v) is 4.12. The lowest BCUT2D eigenvalue weighted by atomic mass is 9.99. The minimum absolute atomic E-state index is 0.275. The summed E-state index contributed by atoms with van der Waals surface area (Å²) in [7, 11) is 0. The molecule has 0 heterocycles. The fourth-order valence-corrected chi connectivity index (χ4v) is 1.80. The zero-order valence-electron chi connectivity index (χ0n) is 10.7. The first kappa shape index (κ1) is 15.3. The van der Waals surface area contributed by atoms with Gasteiger partial charge in [-0.1, -0.05) is 19.1 Å². The van der Waals surface area contributed by atoms with Gasteiger partial charge in [-0.2, -0.15) is 4.39 Å². The van der Waals surface area contributed by atoms with Crippen molar-refractivity contribution in [2.75, 3.05) is 6.54 Å². The summed E-state index contributed by atoms with van der Waals surface area (Å²) in [6.45, 7) is 5.95. The molecule has 0 amide bonds. The monoisotopic (exact) mass is 268 g/mol. The van der Waals surface area contributed by atoms with Crippen LogP contribution < -0.4 is 5.32 Å². The van der Waals surface area contributed by atoms with Gasteiger partial charge in [0.15, 0.2) is 0 Å². The number of rotatable bonds is 7. The topological polar surface area (TPSA) is 75.4 Å². The van der Waals surface area contributed by atoms with Gasteiger partial charge in [0.1, 0.15) is 0 Å². The minimum Gasteiger partial charge on any atom is -0.387 e. The molecule has 0 aliphatic heterocycles. The quantitative estimate of drug-likeness (QED) is 0.452. The van der Waals surface area contributed by atoms with Crippen LogP contribution in [0.5, 0.6) is 0 Å². The maximum Gasteiger partial charge on any atom is 0.305 e. The Bertz CT molecular complexity index is 465. The van der Waals surface area contributed by atoms with E-state index in [9.17, 15) is 19.6 Å². The summed E-state index contributed by atoms with van der Waals surface area (Å²) >= 11 is 0. The van der Waals surface area contributed by atoms with Crippen molar-refractivity contribution in [1.29, 1.82) is 0 Å². The van der Waals surface area contributed by atoms with Gasteiger partial charge in [-0.25, -0.2) is 0 Å². The van der Waals surface area contributed by atoms with E-state index in [0.29, 0.717) is 18.5 Å². The average molecular weight is 268 g/mol. The Labute approximate surface area is 110 Å². The lowest BCUT2D eigenvalue weighted by molar-refractivity contribution is -0.387. The largest absolute Gasteiger partial charge is 0.387 e. The van der Waals surface area contributed by atoms with Gasteiger partial charge < -0.3 is 10.4 Å². The van der Waals surface area contributed by atoms with Crippen LogP contribution in [-0.2, 0) is 0 Å². The molecule has 2 unspecified atom stereocenters. The zero-order valence-corrected chi connectivity index (χ0v) is 10.7. The van der Waals surface area contributed by atoms with Crippen LogP contribution in [0.4, 0.5) is 10.1 Å². The summed E-state index contributed by atoms with van der Waals surface area (Å²) in [4.78, 5) is 9.86. The van der Waals surface area contributed by atoms with Gasteiger partial charge in [-0.15, -0.1) is 6.58 Å². The zero-order chi connectivity index (χ0) is 14.4. The van der Waals surface area contributed by atoms with Crippen LogP contribution in [0.25, 0.3) is 0 Å². The second kappa shape index (κ2) is 6.96. The highest BCUT2D eigenvalue weighted by atomic mass is 19.1. The number of aliphatic hydroxyl groups excluding tert-OH is 1. The van der Waals surface area contributed by atoms with E-state index in [1.54, 1.807) is 6.08 Å². The number of nitrogens with one attached hydrogen (secondary N) is 1. The first-order chi connectivity index (χ1) is 9.01. The molecular formula is C13H17FN2O3. The highest BCUT2D eigenvalue weighted by molar-refractivity contribution is 5.37. The molecule has 1 aromatic rings. The molecule has 0 saturated heterocycles. The molecule has 0 aliphatic rings. The lowest BCUT2D eigenvalue weighted by Crippen LogP contribution is -2.34. The van der Waals surface area contributed by atoms with Gasteiger partial charge >= 0.3 is 5.69 Å². The fraction of sp³-hybridized carbons (Fsp3) is 0.385. The molecule has 0 fully saturated rings. The molecule has 6 heteroatoms. The summed E-state index contributed by atoms with van der Waals surface area (Å²) in [5.41, 5.74) is -0.313. The molecule has 0 aliphatic carbocycles. The Hall–Kier alpha value is -1.79. The van der Waals surface area contributed by atoms with E-state index in [4.69, 9.17) is 0 Å². The Morgan fingerprint density at radius 2 is 2.32 bits per heavy atom. The van der Waals surface area contributed by atoms with E-state index in [-0.39, 0.29) is 6.04 Å². The number of nitrogens with zero attached hydrogens (tertiary/aromatic N) is 1. The normalized spacial score (nSPS) is 13.8. The Balaban J connectivity index is 2.97. The second-order valence-electron chi connectivity index (χ2n) is 4.12. The van der Waals surface area contributed by atoms with Crippen molar-refractivity contribution in [2.24, 2.45) is 0 Å². The highest BCUT2D eigenvalue weighted by Crippen LogP contribution is 2.25. The van der Waals surface area contributed by atoms with Crippen LogP contribution in [0.3, 0.4) is 0 Å². The van der Waals surface area contributed by atoms with Crippen LogP contribution in [0.2, 0.25) is 0 Å². The number of nitro benzene ring substituents is 1. The van der Waals surface area contributed by atoms with Crippen molar-refractivity contribution in [3.05, 3.63) is 52.3 Å². The summed E-state index contributed by atoms with van der Waals surface area (Å²) < 4.78 is 13.2. The van der Waals surface area contributed by atoms with Crippen molar-refractivity contribution < 1.29 is 14.4 Å². The number of benzene rings is 1. The number of hydrogen-bond donors (Lipinski definition) is 2. The first-order valence-electron chi connectivity index (χ1n) is 5.97. The maximum absolute atomic E-state index is 13.2. The van der Waals surface area contributed by atoms with Crippen molar-refractivity contribution in [1.82, 2.24) is 5.32 Å². The Morgan fingerprint density at radius 3 is 2.84 bits per heavy atom. The molecule has 2 atom stereocenters. The molecular weight excluding hydrogens is 251 g/mol. The molecule has 0 saturated carbocycles. The maximum atomic E-state index is 13.2.